The van der Waals surface area contributed by atoms with Crippen LogP contribution in [-0.2, 0) is 23.9 Å². The number of rotatable bonds is 8. The van der Waals surface area contributed by atoms with E-state index < -0.39 is 17.9 Å². The summed E-state index contributed by atoms with van der Waals surface area (Å²) in [6.45, 7) is 2.58. The summed E-state index contributed by atoms with van der Waals surface area (Å²) < 4.78 is 9.95. The highest BCUT2D eigenvalue weighted by molar-refractivity contribution is 5.89. The molecule has 4 N–H and O–H groups in total. The highest BCUT2D eigenvalue weighted by Crippen LogP contribution is 1.95. The Balaban J connectivity index is 2.24. The van der Waals surface area contributed by atoms with E-state index in [0.717, 1.165) is 0 Å². The number of ether oxygens (including phenoxy) is 2. The van der Waals surface area contributed by atoms with Gasteiger partial charge in [0.1, 0.15) is 6.04 Å². The third kappa shape index (κ3) is 7.02. The van der Waals surface area contributed by atoms with Crippen LogP contribution in [0.2, 0.25) is 0 Å². The number of hydrogen-bond acceptors (Lipinski definition) is 6. The van der Waals surface area contributed by atoms with Crippen LogP contribution in [-0.4, -0.2) is 81.8 Å². The fraction of sp³-hybridized carbons (Fsp3) is 0.750. The number of carbonyl (C=O) groups is 3. The summed E-state index contributed by atoms with van der Waals surface area (Å²) in [5.74, 6) is -1.44. The summed E-state index contributed by atoms with van der Waals surface area (Å²) in [5, 5.41) is 4.88. The third-order valence-electron chi connectivity index (χ3n) is 2.93. The van der Waals surface area contributed by atoms with E-state index in [1.807, 2.05) is 4.90 Å². The monoisotopic (exact) mass is 302 g/mol. The molecule has 3 amide bonds. The topological polar surface area (TPSA) is 123 Å². The Kier molecular flexibility index (Phi) is 7.65. The first-order chi connectivity index (χ1) is 10.0. The Hall–Kier alpha value is -1.71. The number of amides is 3. The van der Waals surface area contributed by atoms with E-state index in [2.05, 4.69) is 10.6 Å². The maximum Gasteiger partial charge on any atom is 0.242 e. The zero-order chi connectivity index (χ0) is 15.7. The highest BCUT2D eigenvalue weighted by Gasteiger charge is 2.19. The number of nitrogens with zero attached hydrogens (tertiary/aromatic N) is 1. The van der Waals surface area contributed by atoms with Gasteiger partial charge < -0.3 is 25.8 Å². The molecule has 0 saturated carbocycles. The van der Waals surface area contributed by atoms with Crippen LogP contribution in [0.1, 0.15) is 0 Å². The lowest BCUT2D eigenvalue weighted by molar-refractivity contribution is -0.130. The van der Waals surface area contributed by atoms with Crippen LogP contribution in [0, 0.1) is 0 Å². The second kappa shape index (κ2) is 9.27. The van der Waals surface area contributed by atoms with Crippen LogP contribution < -0.4 is 16.4 Å². The van der Waals surface area contributed by atoms with Gasteiger partial charge in [-0.05, 0) is 0 Å². The van der Waals surface area contributed by atoms with Gasteiger partial charge in [0, 0.05) is 20.2 Å². The summed E-state index contributed by atoms with van der Waals surface area (Å²) in [6.07, 6.45) is 0. The molecule has 0 aromatic rings. The number of carbonyl (C=O) groups excluding carboxylic acids is 3. The molecule has 1 fully saturated rings. The molecular formula is C12H22N4O5. The maximum atomic E-state index is 11.7. The van der Waals surface area contributed by atoms with E-state index in [9.17, 15) is 14.4 Å². The van der Waals surface area contributed by atoms with Gasteiger partial charge in [0.15, 0.2) is 0 Å². The Morgan fingerprint density at radius 1 is 1.29 bits per heavy atom. The summed E-state index contributed by atoms with van der Waals surface area (Å²) >= 11 is 0. The lowest BCUT2D eigenvalue weighted by atomic mass is 10.3. The van der Waals surface area contributed by atoms with Crippen molar-refractivity contribution in [3.8, 4) is 0 Å². The molecule has 21 heavy (non-hydrogen) atoms. The van der Waals surface area contributed by atoms with Crippen molar-refractivity contribution in [2.75, 3.05) is 53.1 Å². The first kappa shape index (κ1) is 17.3. The van der Waals surface area contributed by atoms with E-state index in [1.54, 1.807) is 0 Å². The minimum absolute atomic E-state index is 0.0111. The standard InChI is InChI=1S/C12H22N4O5/c1-20-8-9(12(13)19)15-10(17)6-14-11(18)7-16-2-4-21-5-3-16/h9H,2-8H2,1H3,(H2,13,19)(H,14,18)(H,15,17). The molecule has 0 bridgehead atoms. The van der Waals surface area contributed by atoms with E-state index in [1.165, 1.54) is 7.11 Å². The summed E-state index contributed by atoms with van der Waals surface area (Å²) in [6, 6.07) is -0.904. The smallest absolute Gasteiger partial charge is 0.242 e. The zero-order valence-electron chi connectivity index (χ0n) is 12.1. The number of methoxy groups -OCH3 is 1. The molecule has 9 heteroatoms. The fourth-order valence-electron chi connectivity index (χ4n) is 1.80. The van der Waals surface area contributed by atoms with Crippen molar-refractivity contribution in [1.29, 1.82) is 0 Å². The Morgan fingerprint density at radius 2 is 1.95 bits per heavy atom. The lowest BCUT2D eigenvalue weighted by Gasteiger charge is -2.25. The molecule has 0 aliphatic carbocycles. The SMILES string of the molecule is COCC(NC(=O)CNC(=O)CN1CCOCC1)C(N)=O. The molecule has 0 radical (unpaired) electrons. The molecule has 1 rings (SSSR count). The largest absolute Gasteiger partial charge is 0.382 e. The minimum Gasteiger partial charge on any atom is -0.382 e. The first-order valence-corrected chi connectivity index (χ1v) is 6.67. The molecule has 1 atom stereocenters. The van der Waals surface area contributed by atoms with Crippen molar-refractivity contribution in [1.82, 2.24) is 15.5 Å². The second-order valence-electron chi connectivity index (χ2n) is 4.64. The number of nitrogens with two attached hydrogens (primary N) is 1. The Bertz CT molecular complexity index is 371. The highest BCUT2D eigenvalue weighted by atomic mass is 16.5. The van der Waals surface area contributed by atoms with Gasteiger partial charge in [-0.3, -0.25) is 19.3 Å². The molecule has 1 aliphatic rings. The number of hydrogen-bond donors (Lipinski definition) is 3. The minimum atomic E-state index is -0.904. The fourth-order valence-corrected chi connectivity index (χ4v) is 1.80. The average Bonchev–Trinajstić information content (AvgIpc) is 2.45. The number of nitrogens with one attached hydrogen (secondary N) is 2. The molecule has 0 aromatic carbocycles. The van der Waals surface area contributed by atoms with Crippen LogP contribution in [0.25, 0.3) is 0 Å². The van der Waals surface area contributed by atoms with Crippen LogP contribution in [0.15, 0.2) is 0 Å². The van der Waals surface area contributed by atoms with Gasteiger partial charge in [0.25, 0.3) is 0 Å². The van der Waals surface area contributed by atoms with Gasteiger partial charge in [0.05, 0.1) is 32.9 Å². The van der Waals surface area contributed by atoms with Gasteiger partial charge in [-0.1, -0.05) is 0 Å². The summed E-state index contributed by atoms with van der Waals surface area (Å²) in [4.78, 5) is 36.3. The lowest BCUT2D eigenvalue weighted by Crippen LogP contribution is -2.51. The quantitative estimate of drug-likeness (QED) is 0.440. The van der Waals surface area contributed by atoms with E-state index in [4.69, 9.17) is 15.2 Å². The molecule has 120 valence electrons. The molecule has 1 aliphatic heterocycles. The molecule has 0 aromatic heterocycles. The van der Waals surface area contributed by atoms with Gasteiger partial charge in [-0.2, -0.15) is 0 Å². The predicted octanol–water partition coefficient (Wildman–Crippen LogP) is -2.95. The maximum absolute atomic E-state index is 11.7. The van der Waals surface area contributed by atoms with Crippen LogP contribution in [0.4, 0.5) is 0 Å². The Labute approximate surface area is 123 Å². The summed E-state index contributed by atoms with van der Waals surface area (Å²) in [7, 11) is 1.40. The number of primary amides is 1. The van der Waals surface area contributed by atoms with E-state index >= 15 is 0 Å². The molecule has 0 spiro atoms. The van der Waals surface area contributed by atoms with Crippen molar-refractivity contribution in [3.63, 3.8) is 0 Å². The van der Waals surface area contributed by atoms with Crippen molar-refractivity contribution >= 4 is 17.7 Å². The molecular weight excluding hydrogens is 280 g/mol. The third-order valence-corrected chi connectivity index (χ3v) is 2.93. The van der Waals surface area contributed by atoms with Gasteiger partial charge in [-0.25, -0.2) is 0 Å². The molecule has 1 heterocycles. The van der Waals surface area contributed by atoms with E-state index in [-0.39, 0.29) is 25.6 Å². The van der Waals surface area contributed by atoms with Crippen molar-refractivity contribution in [2.45, 2.75) is 6.04 Å². The van der Waals surface area contributed by atoms with Gasteiger partial charge in [-0.15, -0.1) is 0 Å². The predicted molar refractivity (Wildman–Crippen MR) is 73.3 cm³/mol. The molecule has 1 saturated heterocycles. The zero-order valence-corrected chi connectivity index (χ0v) is 12.1. The van der Waals surface area contributed by atoms with Crippen molar-refractivity contribution in [2.24, 2.45) is 5.73 Å². The van der Waals surface area contributed by atoms with Crippen LogP contribution >= 0.6 is 0 Å². The van der Waals surface area contributed by atoms with Crippen molar-refractivity contribution in [3.05, 3.63) is 0 Å². The number of morpholine rings is 1. The van der Waals surface area contributed by atoms with Crippen molar-refractivity contribution < 1.29 is 23.9 Å². The molecule has 1 unspecified atom stereocenters. The first-order valence-electron chi connectivity index (χ1n) is 6.67. The summed E-state index contributed by atoms with van der Waals surface area (Å²) in [5.41, 5.74) is 5.11. The Morgan fingerprint density at radius 3 is 2.52 bits per heavy atom. The normalized spacial score (nSPS) is 17.0. The van der Waals surface area contributed by atoms with Crippen LogP contribution in [0.3, 0.4) is 0 Å². The van der Waals surface area contributed by atoms with Crippen LogP contribution in [0.5, 0.6) is 0 Å². The molecule has 9 nitrogen and oxygen atoms in total. The average molecular weight is 302 g/mol. The van der Waals surface area contributed by atoms with Gasteiger partial charge in [0.2, 0.25) is 17.7 Å². The van der Waals surface area contributed by atoms with E-state index in [0.29, 0.717) is 26.3 Å². The van der Waals surface area contributed by atoms with Gasteiger partial charge >= 0.3 is 0 Å². The second-order valence-corrected chi connectivity index (χ2v) is 4.64.